The highest BCUT2D eigenvalue weighted by Gasteiger charge is 2.06. The highest BCUT2D eigenvalue weighted by Crippen LogP contribution is 2.15. The molecule has 7 heteroatoms. The van der Waals surface area contributed by atoms with Gasteiger partial charge in [0.15, 0.2) is 0 Å². The number of anilines is 1. The second-order valence-electron chi connectivity index (χ2n) is 4.48. The standard InChI is InChI=1S/C15H16N6O/c1-2-22-14-8-13(19-10-20-14)18-9-12-4-3-5-17-15(12)21-7-6-16-11-21/h3-8,10-11H,2,9H2,1H3,(H,18,19,20). The predicted molar refractivity (Wildman–Crippen MR) is 81.9 cm³/mol. The highest BCUT2D eigenvalue weighted by molar-refractivity contribution is 5.41. The molecule has 0 radical (unpaired) electrons. The van der Waals surface area contributed by atoms with Crippen LogP contribution in [0.5, 0.6) is 5.88 Å². The largest absolute Gasteiger partial charge is 0.478 e. The number of pyridine rings is 1. The molecule has 0 saturated carbocycles. The first-order chi connectivity index (χ1) is 10.9. The lowest BCUT2D eigenvalue weighted by Crippen LogP contribution is -2.07. The van der Waals surface area contributed by atoms with Crippen molar-refractivity contribution >= 4 is 5.82 Å². The molecule has 22 heavy (non-hydrogen) atoms. The predicted octanol–water partition coefficient (Wildman–Crippen LogP) is 2.07. The van der Waals surface area contributed by atoms with Gasteiger partial charge in [-0.3, -0.25) is 4.57 Å². The fraction of sp³-hybridized carbons (Fsp3) is 0.200. The number of nitrogens with one attached hydrogen (secondary N) is 1. The number of hydrogen-bond acceptors (Lipinski definition) is 6. The Balaban J connectivity index is 1.76. The van der Waals surface area contributed by atoms with Crippen LogP contribution in [0.15, 0.2) is 49.4 Å². The van der Waals surface area contributed by atoms with Crippen molar-refractivity contribution in [2.45, 2.75) is 13.5 Å². The van der Waals surface area contributed by atoms with E-state index in [2.05, 4.69) is 25.3 Å². The van der Waals surface area contributed by atoms with E-state index in [1.807, 2.05) is 29.8 Å². The van der Waals surface area contributed by atoms with Crippen molar-refractivity contribution in [3.63, 3.8) is 0 Å². The quantitative estimate of drug-likeness (QED) is 0.750. The Kier molecular flexibility index (Phi) is 4.24. The Morgan fingerprint density at radius 2 is 2.18 bits per heavy atom. The van der Waals surface area contributed by atoms with Crippen LogP contribution in [-0.2, 0) is 6.54 Å². The van der Waals surface area contributed by atoms with Gasteiger partial charge in [0.05, 0.1) is 6.61 Å². The third-order valence-electron chi connectivity index (χ3n) is 3.01. The van der Waals surface area contributed by atoms with Crippen LogP contribution in [0.1, 0.15) is 12.5 Å². The first kappa shape index (κ1) is 14.0. The maximum Gasteiger partial charge on any atom is 0.218 e. The fourth-order valence-electron chi connectivity index (χ4n) is 2.03. The topological polar surface area (TPSA) is 77.8 Å². The van der Waals surface area contributed by atoms with Gasteiger partial charge in [0.25, 0.3) is 0 Å². The fourth-order valence-corrected chi connectivity index (χ4v) is 2.03. The third kappa shape index (κ3) is 3.20. The van der Waals surface area contributed by atoms with Crippen LogP contribution in [0.2, 0.25) is 0 Å². The Morgan fingerprint density at radius 3 is 3.00 bits per heavy atom. The van der Waals surface area contributed by atoms with Gasteiger partial charge < -0.3 is 10.1 Å². The molecule has 0 aliphatic carbocycles. The molecule has 3 rings (SSSR count). The van der Waals surface area contributed by atoms with Crippen LogP contribution in [0.25, 0.3) is 5.82 Å². The first-order valence-electron chi connectivity index (χ1n) is 6.97. The lowest BCUT2D eigenvalue weighted by Gasteiger charge is -2.11. The molecule has 0 spiro atoms. The molecule has 0 amide bonds. The zero-order valence-corrected chi connectivity index (χ0v) is 12.2. The van der Waals surface area contributed by atoms with E-state index in [1.54, 1.807) is 24.8 Å². The van der Waals surface area contributed by atoms with Crippen molar-refractivity contribution in [2.24, 2.45) is 0 Å². The van der Waals surface area contributed by atoms with Gasteiger partial charge in [-0.1, -0.05) is 6.07 Å². The normalized spacial score (nSPS) is 10.4. The van der Waals surface area contributed by atoms with Crippen molar-refractivity contribution in [2.75, 3.05) is 11.9 Å². The summed E-state index contributed by atoms with van der Waals surface area (Å²) in [5.74, 6) is 2.10. The summed E-state index contributed by atoms with van der Waals surface area (Å²) in [5.41, 5.74) is 1.04. The number of nitrogens with zero attached hydrogens (tertiary/aromatic N) is 5. The zero-order chi connectivity index (χ0) is 15.2. The summed E-state index contributed by atoms with van der Waals surface area (Å²) in [6.07, 6.45) is 8.56. The van der Waals surface area contributed by atoms with Gasteiger partial charge >= 0.3 is 0 Å². The third-order valence-corrected chi connectivity index (χ3v) is 3.01. The van der Waals surface area contributed by atoms with Crippen LogP contribution in [-0.4, -0.2) is 31.1 Å². The molecule has 3 aromatic heterocycles. The maximum atomic E-state index is 5.37. The molecule has 0 fully saturated rings. The van der Waals surface area contributed by atoms with E-state index in [4.69, 9.17) is 4.74 Å². The van der Waals surface area contributed by atoms with E-state index in [0.717, 1.165) is 11.4 Å². The van der Waals surface area contributed by atoms with Gasteiger partial charge in [0.1, 0.15) is 24.3 Å². The SMILES string of the molecule is CCOc1cc(NCc2cccnc2-n2ccnc2)ncn1. The summed E-state index contributed by atoms with van der Waals surface area (Å²) in [6.45, 7) is 3.08. The van der Waals surface area contributed by atoms with E-state index in [0.29, 0.717) is 24.8 Å². The highest BCUT2D eigenvalue weighted by atomic mass is 16.5. The lowest BCUT2D eigenvalue weighted by atomic mass is 10.2. The molecule has 112 valence electrons. The van der Waals surface area contributed by atoms with Gasteiger partial charge in [-0.25, -0.2) is 19.9 Å². The average molecular weight is 296 g/mol. The number of imidazole rings is 1. The monoisotopic (exact) mass is 296 g/mol. The van der Waals surface area contributed by atoms with E-state index in [-0.39, 0.29) is 0 Å². The molecule has 3 aromatic rings. The molecular weight excluding hydrogens is 280 g/mol. The van der Waals surface area contributed by atoms with Crippen molar-refractivity contribution in [1.82, 2.24) is 24.5 Å². The Morgan fingerprint density at radius 1 is 1.23 bits per heavy atom. The van der Waals surface area contributed by atoms with Crippen LogP contribution >= 0.6 is 0 Å². The summed E-state index contributed by atoms with van der Waals surface area (Å²) < 4.78 is 7.24. The average Bonchev–Trinajstić information content (AvgIpc) is 3.08. The second kappa shape index (κ2) is 6.66. The van der Waals surface area contributed by atoms with Gasteiger partial charge in [0, 0.05) is 36.8 Å². The molecule has 1 N–H and O–H groups in total. The van der Waals surface area contributed by atoms with Gasteiger partial charge in [-0.05, 0) is 13.0 Å². The molecule has 0 aromatic carbocycles. The lowest BCUT2D eigenvalue weighted by molar-refractivity contribution is 0.326. The molecule has 0 aliphatic rings. The molecule has 0 unspecified atom stereocenters. The second-order valence-corrected chi connectivity index (χ2v) is 4.48. The Hall–Kier alpha value is -2.96. The summed E-state index contributed by atoms with van der Waals surface area (Å²) in [5, 5.41) is 3.26. The molecular formula is C15H16N6O. The van der Waals surface area contributed by atoms with Crippen LogP contribution in [0.3, 0.4) is 0 Å². The van der Waals surface area contributed by atoms with Crippen LogP contribution in [0, 0.1) is 0 Å². The number of hydrogen-bond donors (Lipinski definition) is 1. The summed E-state index contributed by atoms with van der Waals surface area (Å²) in [4.78, 5) is 16.7. The minimum absolute atomic E-state index is 0.556. The summed E-state index contributed by atoms with van der Waals surface area (Å²) in [7, 11) is 0. The Bertz CT molecular complexity index is 728. The maximum absolute atomic E-state index is 5.37. The molecule has 7 nitrogen and oxygen atoms in total. The summed E-state index contributed by atoms with van der Waals surface area (Å²) >= 11 is 0. The van der Waals surface area contributed by atoms with Gasteiger partial charge in [-0.15, -0.1) is 0 Å². The van der Waals surface area contributed by atoms with E-state index in [9.17, 15) is 0 Å². The van der Waals surface area contributed by atoms with Crippen LogP contribution < -0.4 is 10.1 Å². The van der Waals surface area contributed by atoms with Crippen molar-refractivity contribution < 1.29 is 4.74 Å². The van der Waals surface area contributed by atoms with Gasteiger partial charge in [0.2, 0.25) is 5.88 Å². The van der Waals surface area contributed by atoms with Crippen molar-refractivity contribution in [3.05, 3.63) is 55.0 Å². The Labute approximate surface area is 128 Å². The molecule has 0 bridgehead atoms. The van der Waals surface area contributed by atoms with Crippen molar-refractivity contribution in [3.8, 4) is 11.7 Å². The smallest absolute Gasteiger partial charge is 0.218 e. The van der Waals surface area contributed by atoms with E-state index >= 15 is 0 Å². The van der Waals surface area contributed by atoms with Crippen molar-refractivity contribution in [1.29, 1.82) is 0 Å². The molecule has 3 heterocycles. The molecule has 0 aliphatic heterocycles. The number of rotatable bonds is 6. The number of ether oxygens (including phenoxy) is 1. The first-order valence-corrected chi connectivity index (χ1v) is 6.97. The molecule has 0 saturated heterocycles. The molecule has 0 atom stereocenters. The minimum atomic E-state index is 0.556. The van der Waals surface area contributed by atoms with Gasteiger partial charge in [-0.2, -0.15) is 0 Å². The minimum Gasteiger partial charge on any atom is -0.478 e. The van der Waals surface area contributed by atoms with E-state index in [1.165, 1.54) is 6.33 Å². The zero-order valence-electron chi connectivity index (χ0n) is 12.2. The summed E-state index contributed by atoms with van der Waals surface area (Å²) in [6, 6.07) is 5.69. The van der Waals surface area contributed by atoms with Crippen LogP contribution in [0.4, 0.5) is 5.82 Å². The number of aromatic nitrogens is 5. The van der Waals surface area contributed by atoms with E-state index < -0.39 is 0 Å².